The molecule has 37 heavy (non-hydrogen) atoms. The van der Waals surface area contributed by atoms with Crippen LogP contribution in [0, 0.1) is 5.92 Å². The van der Waals surface area contributed by atoms with E-state index >= 15 is 0 Å². The molecule has 0 bridgehead atoms. The van der Waals surface area contributed by atoms with E-state index in [9.17, 15) is 14.7 Å². The minimum absolute atomic E-state index is 0.157. The summed E-state index contributed by atoms with van der Waals surface area (Å²) in [5.74, 6) is 1.44. The molecule has 0 saturated heterocycles. The molecule has 1 aliphatic heterocycles. The van der Waals surface area contributed by atoms with Crippen molar-refractivity contribution in [1.29, 1.82) is 0 Å². The molecule has 1 aromatic carbocycles. The molecule has 9 nitrogen and oxygen atoms in total. The fourth-order valence-corrected chi connectivity index (χ4v) is 5.18. The lowest BCUT2D eigenvalue weighted by molar-refractivity contribution is -0.134. The van der Waals surface area contributed by atoms with Crippen molar-refractivity contribution in [3.8, 4) is 11.5 Å². The number of hydrogen-bond acceptors (Lipinski definition) is 6. The summed E-state index contributed by atoms with van der Waals surface area (Å²) in [5.41, 5.74) is -0.938. The molecule has 2 aromatic rings. The van der Waals surface area contributed by atoms with Gasteiger partial charge in [0.25, 0.3) is 5.91 Å². The molecule has 2 amide bonds. The highest BCUT2D eigenvalue weighted by Crippen LogP contribution is 2.36. The van der Waals surface area contributed by atoms with Crippen molar-refractivity contribution < 1.29 is 24.2 Å². The van der Waals surface area contributed by atoms with Crippen LogP contribution in [-0.4, -0.2) is 56.9 Å². The molecule has 1 fully saturated rings. The van der Waals surface area contributed by atoms with Crippen LogP contribution in [-0.2, 0) is 16.1 Å². The predicted molar refractivity (Wildman–Crippen MR) is 141 cm³/mol. The normalized spacial score (nSPS) is 17.5. The van der Waals surface area contributed by atoms with E-state index in [0.29, 0.717) is 40.4 Å². The first-order chi connectivity index (χ1) is 17.6. The van der Waals surface area contributed by atoms with Crippen LogP contribution in [0.1, 0.15) is 52.4 Å². The number of anilines is 1. The van der Waals surface area contributed by atoms with Gasteiger partial charge in [0.2, 0.25) is 5.91 Å². The second kappa shape index (κ2) is 11.6. The van der Waals surface area contributed by atoms with Crippen molar-refractivity contribution in [2.75, 3.05) is 19.0 Å². The van der Waals surface area contributed by atoms with Gasteiger partial charge in [0, 0.05) is 18.3 Å². The van der Waals surface area contributed by atoms with Crippen molar-refractivity contribution in [3.05, 3.63) is 47.3 Å². The maximum absolute atomic E-state index is 13.5. The number of benzene rings is 1. The summed E-state index contributed by atoms with van der Waals surface area (Å²) in [7, 11) is 1.52. The van der Waals surface area contributed by atoms with Gasteiger partial charge in [-0.3, -0.25) is 14.3 Å². The first kappa shape index (κ1) is 27.0. The van der Waals surface area contributed by atoms with E-state index in [1.165, 1.54) is 19.6 Å². The number of nitrogens with one attached hydrogen (secondary N) is 1. The summed E-state index contributed by atoms with van der Waals surface area (Å²) in [5, 5.41) is 17.6. The number of carbonyl (C=O) groups is 2. The summed E-state index contributed by atoms with van der Waals surface area (Å²) >= 11 is 6.37. The number of methoxy groups -OCH3 is 1. The van der Waals surface area contributed by atoms with Crippen molar-refractivity contribution in [2.45, 2.75) is 70.6 Å². The van der Waals surface area contributed by atoms with Crippen molar-refractivity contribution >= 4 is 29.2 Å². The van der Waals surface area contributed by atoms with E-state index in [2.05, 4.69) is 10.4 Å². The molecular weight excluding hydrogens is 496 g/mol. The number of amides is 2. The number of rotatable bonds is 10. The van der Waals surface area contributed by atoms with E-state index in [-0.39, 0.29) is 24.9 Å². The van der Waals surface area contributed by atoms with E-state index in [0.717, 1.165) is 25.7 Å². The maximum Gasteiger partial charge on any atom is 0.251 e. The molecule has 4 rings (SSSR count). The van der Waals surface area contributed by atoms with Crippen molar-refractivity contribution in [1.82, 2.24) is 14.7 Å². The quantitative estimate of drug-likeness (QED) is 0.471. The minimum Gasteiger partial charge on any atom is -0.495 e. The smallest absolute Gasteiger partial charge is 0.251 e. The zero-order valence-electron chi connectivity index (χ0n) is 21.6. The lowest BCUT2D eigenvalue weighted by atomic mass is 9.84. The second-order valence-corrected chi connectivity index (χ2v) is 10.8. The molecule has 2 heterocycles. The number of aromatic nitrogens is 2. The van der Waals surface area contributed by atoms with Crippen LogP contribution in [0.15, 0.2) is 42.3 Å². The van der Waals surface area contributed by atoms with Crippen molar-refractivity contribution in [3.63, 3.8) is 0 Å². The van der Waals surface area contributed by atoms with Gasteiger partial charge in [0.05, 0.1) is 25.8 Å². The van der Waals surface area contributed by atoms with Gasteiger partial charge in [-0.15, -0.1) is 0 Å². The third kappa shape index (κ3) is 7.05. The van der Waals surface area contributed by atoms with Gasteiger partial charge in [0.15, 0.2) is 5.82 Å². The Balaban J connectivity index is 1.49. The molecule has 2 N–H and O–H groups in total. The Kier molecular flexibility index (Phi) is 8.44. The third-order valence-corrected chi connectivity index (χ3v) is 7.06. The molecule has 1 aliphatic carbocycles. The highest BCUT2D eigenvalue weighted by Gasteiger charge is 2.36. The summed E-state index contributed by atoms with van der Waals surface area (Å²) in [6.07, 6.45) is 9.25. The van der Waals surface area contributed by atoms with Crippen LogP contribution in [0.3, 0.4) is 0 Å². The van der Waals surface area contributed by atoms with Crippen molar-refractivity contribution in [2.24, 2.45) is 5.92 Å². The average molecular weight is 531 g/mol. The fraction of sp³-hybridized carbons (Fsp3) is 0.519. The number of nitrogens with zero attached hydrogens (tertiary/aromatic N) is 3. The van der Waals surface area contributed by atoms with Crippen LogP contribution in [0.5, 0.6) is 11.5 Å². The second-order valence-electron chi connectivity index (χ2n) is 10.4. The fourth-order valence-electron chi connectivity index (χ4n) is 4.94. The maximum atomic E-state index is 13.5. The van der Waals surface area contributed by atoms with Gasteiger partial charge in [-0.1, -0.05) is 49.8 Å². The molecule has 1 aromatic heterocycles. The van der Waals surface area contributed by atoms with Gasteiger partial charge in [-0.05, 0) is 38.3 Å². The van der Waals surface area contributed by atoms with Crippen LogP contribution in [0.2, 0.25) is 5.02 Å². The van der Waals surface area contributed by atoms with Gasteiger partial charge in [0.1, 0.15) is 28.3 Å². The Labute approximate surface area is 222 Å². The van der Waals surface area contributed by atoms with Gasteiger partial charge in [-0.25, -0.2) is 0 Å². The monoisotopic (exact) mass is 530 g/mol. The standard InChI is InChI=1S/C27H35ClN4O5/c1-27(2,35)17-31-13-12-23(30-31)29-26(34)20(14-18-8-5-4-6-9-18)32-16-19(15-24(32)33)37-22-11-7-10-21(36-3)25(22)28/h7,10-13,15,18,20,35H,4-6,8-9,14,16-17H2,1-3H3,(H,29,30,34). The molecule has 1 unspecified atom stereocenters. The zero-order chi connectivity index (χ0) is 26.6. The largest absolute Gasteiger partial charge is 0.495 e. The predicted octanol–water partition coefficient (Wildman–Crippen LogP) is 4.40. The van der Waals surface area contributed by atoms with Crippen LogP contribution >= 0.6 is 11.6 Å². The lowest BCUT2D eigenvalue weighted by Crippen LogP contribution is -2.46. The first-order valence-corrected chi connectivity index (χ1v) is 13.1. The SMILES string of the molecule is COc1cccc(OC2=CC(=O)N(C(CC3CCCCC3)C(=O)Nc3ccn(CC(C)(C)O)n3)C2)c1Cl. The Bertz CT molecular complexity index is 1150. The molecule has 1 saturated carbocycles. The Hall–Kier alpha value is -3.04. The molecule has 2 aliphatic rings. The zero-order valence-corrected chi connectivity index (χ0v) is 22.3. The number of hydrogen-bond donors (Lipinski definition) is 2. The van der Waals surface area contributed by atoms with Gasteiger partial charge in [-0.2, -0.15) is 5.10 Å². The summed E-state index contributed by atoms with van der Waals surface area (Å²) in [6.45, 7) is 3.83. The third-order valence-electron chi connectivity index (χ3n) is 6.68. The number of aliphatic hydroxyl groups is 1. The Morgan fingerprint density at radius 3 is 2.68 bits per heavy atom. The summed E-state index contributed by atoms with van der Waals surface area (Å²) in [4.78, 5) is 28.1. The van der Waals surface area contributed by atoms with E-state index in [1.54, 1.807) is 53.9 Å². The van der Waals surface area contributed by atoms with E-state index < -0.39 is 11.6 Å². The van der Waals surface area contributed by atoms with Crippen LogP contribution in [0.25, 0.3) is 0 Å². The number of halogens is 1. The molecule has 0 spiro atoms. The average Bonchev–Trinajstić information content (AvgIpc) is 3.43. The van der Waals surface area contributed by atoms with Crippen LogP contribution < -0.4 is 14.8 Å². The highest BCUT2D eigenvalue weighted by molar-refractivity contribution is 6.33. The Morgan fingerprint density at radius 1 is 1.24 bits per heavy atom. The number of carbonyl (C=O) groups excluding carboxylic acids is 2. The minimum atomic E-state index is -0.938. The van der Waals surface area contributed by atoms with Gasteiger partial charge >= 0.3 is 0 Å². The summed E-state index contributed by atoms with van der Waals surface area (Å²) < 4.78 is 12.8. The van der Waals surface area contributed by atoms with E-state index in [1.807, 2.05) is 0 Å². The Morgan fingerprint density at radius 2 is 1.97 bits per heavy atom. The lowest BCUT2D eigenvalue weighted by Gasteiger charge is -2.31. The van der Waals surface area contributed by atoms with Gasteiger partial charge < -0.3 is 24.8 Å². The topological polar surface area (TPSA) is 106 Å². The molecule has 200 valence electrons. The molecule has 1 atom stereocenters. The van der Waals surface area contributed by atoms with Crippen LogP contribution in [0.4, 0.5) is 5.82 Å². The number of ether oxygens (including phenoxy) is 2. The molecule has 0 radical (unpaired) electrons. The first-order valence-electron chi connectivity index (χ1n) is 12.7. The van der Waals surface area contributed by atoms with E-state index in [4.69, 9.17) is 21.1 Å². The highest BCUT2D eigenvalue weighted by atomic mass is 35.5. The summed E-state index contributed by atoms with van der Waals surface area (Å²) in [6, 6.07) is 6.20. The molecule has 10 heteroatoms. The molecular formula is C27H35ClN4O5.